The number of aryl methyl sites for hydroxylation is 1. The number of nitro groups is 1. The number of nitro benzene ring substituents is 1. The molecule has 9 heteroatoms. The molecule has 2 aromatic rings. The second-order valence-corrected chi connectivity index (χ2v) is 6.61. The molecule has 0 radical (unpaired) electrons. The molecule has 28 heavy (non-hydrogen) atoms. The fourth-order valence-electron chi connectivity index (χ4n) is 3.41. The lowest BCUT2D eigenvalue weighted by atomic mass is 9.85. The summed E-state index contributed by atoms with van der Waals surface area (Å²) in [7, 11) is 0. The highest BCUT2D eigenvalue weighted by atomic mass is 35.5. The summed E-state index contributed by atoms with van der Waals surface area (Å²) in [4.78, 5) is 23.0. The van der Waals surface area contributed by atoms with E-state index in [9.17, 15) is 23.7 Å². The van der Waals surface area contributed by atoms with E-state index in [-0.39, 0.29) is 36.0 Å². The van der Waals surface area contributed by atoms with Gasteiger partial charge in [-0.2, -0.15) is 0 Å². The summed E-state index contributed by atoms with van der Waals surface area (Å²) in [5, 5.41) is 16.9. The van der Waals surface area contributed by atoms with Crippen LogP contribution in [-0.2, 0) is 0 Å². The molecule has 2 N–H and O–H groups in total. The number of nitrogens with zero attached hydrogens (tertiary/aromatic N) is 1. The number of rotatable bonds is 4. The number of nitrogens with one attached hydrogen (secondary N) is 2. The lowest BCUT2D eigenvalue weighted by Gasteiger charge is -2.33. The van der Waals surface area contributed by atoms with Gasteiger partial charge in [-0.15, -0.1) is 12.4 Å². The summed E-state index contributed by atoms with van der Waals surface area (Å²) in [6.45, 7) is 2.82. The van der Waals surface area contributed by atoms with Crippen LogP contribution in [0.2, 0.25) is 0 Å². The minimum absolute atomic E-state index is 0. The Labute approximate surface area is 166 Å². The Bertz CT molecular complexity index is 895. The summed E-state index contributed by atoms with van der Waals surface area (Å²) < 4.78 is 26.8. The van der Waals surface area contributed by atoms with E-state index in [4.69, 9.17) is 0 Å². The van der Waals surface area contributed by atoms with Crippen LogP contribution in [0.1, 0.15) is 33.8 Å². The number of hydrogen-bond donors (Lipinski definition) is 2. The predicted octanol–water partition coefficient (Wildman–Crippen LogP) is 3.48. The number of amides is 1. The van der Waals surface area contributed by atoms with Crippen LogP contribution < -0.4 is 10.6 Å². The lowest BCUT2D eigenvalue weighted by molar-refractivity contribution is -0.384. The number of non-ortho nitro benzene ring substituents is 1. The molecule has 1 amide bonds. The monoisotopic (exact) mass is 411 g/mol. The SMILES string of the molecule is Cc1cc([N+](=O)[O-])ccc1C(=O)NC1CNCCC1c1ccc(F)c(F)c1.Cl. The third-order valence-corrected chi connectivity index (χ3v) is 4.84. The van der Waals surface area contributed by atoms with Crippen molar-refractivity contribution in [1.82, 2.24) is 10.6 Å². The van der Waals surface area contributed by atoms with E-state index in [1.54, 1.807) is 6.92 Å². The van der Waals surface area contributed by atoms with E-state index >= 15 is 0 Å². The Hall–Kier alpha value is -2.58. The van der Waals surface area contributed by atoms with Gasteiger partial charge in [-0.1, -0.05) is 6.07 Å². The van der Waals surface area contributed by atoms with Gasteiger partial charge in [0.1, 0.15) is 0 Å². The first kappa shape index (κ1) is 21.7. The Morgan fingerprint density at radius 1 is 1.21 bits per heavy atom. The van der Waals surface area contributed by atoms with Crippen molar-refractivity contribution in [1.29, 1.82) is 0 Å². The topological polar surface area (TPSA) is 84.3 Å². The van der Waals surface area contributed by atoms with Gasteiger partial charge in [0.15, 0.2) is 11.6 Å². The fraction of sp³-hybridized carbons (Fsp3) is 0.316. The molecule has 2 atom stereocenters. The van der Waals surface area contributed by atoms with Gasteiger partial charge in [0.2, 0.25) is 0 Å². The third-order valence-electron chi connectivity index (χ3n) is 4.84. The van der Waals surface area contributed by atoms with E-state index in [2.05, 4.69) is 10.6 Å². The molecule has 2 aromatic carbocycles. The molecule has 150 valence electrons. The number of carbonyl (C=O) groups is 1. The van der Waals surface area contributed by atoms with Gasteiger partial charge < -0.3 is 10.6 Å². The Morgan fingerprint density at radius 3 is 2.61 bits per heavy atom. The molecule has 0 aliphatic carbocycles. The molecular weight excluding hydrogens is 392 g/mol. The largest absolute Gasteiger partial charge is 0.347 e. The fourth-order valence-corrected chi connectivity index (χ4v) is 3.41. The third kappa shape index (κ3) is 4.63. The normalized spacial score (nSPS) is 18.8. The van der Waals surface area contributed by atoms with Gasteiger partial charge >= 0.3 is 0 Å². The van der Waals surface area contributed by atoms with Crippen LogP contribution in [0.3, 0.4) is 0 Å². The summed E-state index contributed by atoms with van der Waals surface area (Å²) >= 11 is 0. The van der Waals surface area contributed by atoms with Crippen molar-refractivity contribution in [2.24, 2.45) is 0 Å². The van der Waals surface area contributed by atoms with Gasteiger partial charge in [0.25, 0.3) is 11.6 Å². The highest BCUT2D eigenvalue weighted by Gasteiger charge is 2.29. The highest BCUT2D eigenvalue weighted by molar-refractivity contribution is 5.96. The molecule has 1 aliphatic heterocycles. The molecule has 0 saturated carbocycles. The maximum atomic E-state index is 13.6. The highest BCUT2D eigenvalue weighted by Crippen LogP contribution is 2.27. The molecule has 6 nitrogen and oxygen atoms in total. The van der Waals surface area contributed by atoms with E-state index < -0.39 is 16.6 Å². The summed E-state index contributed by atoms with van der Waals surface area (Å²) in [6, 6.07) is 7.53. The van der Waals surface area contributed by atoms with E-state index in [1.807, 2.05) is 0 Å². The molecule has 3 rings (SSSR count). The van der Waals surface area contributed by atoms with Crippen molar-refractivity contribution < 1.29 is 18.5 Å². The summed E-state index contributed by atoms with van der Waals surface area (Å²) in [5.41, 5.74) is 1.38. The number of piperidine rings is 1. The van der Waals surface area contributed by atoms with Crippen molar-refractivity contribution in [3.05, 3.63) is 74.8 Å². The van der Waals surface area contributed by atoms with Crippen LogP contribution >= 0.6 is 12.4 Å². The van der Waals surface area contributed by atoms with Crippen LogP contribution in [0.4, 0.5) is 14.5 Å². The number of carbonyl (C=O) groups excluding carboxylic acids is 1. The maximum Gasteiger partial charge on any atom is 0.269 e. The standard InChI is InChI=1S/C19H19F2N3O3.ClH/c1-11-8-13(24(26)27)3-4-14(11)19(25)23-18-10-22-7-6-15(18)12-2-5-16(20)17(21)9-12;/h2-5,8-9,15,18,22H,6-7,10H2,1H3,(H,23,25);1H. The van der Waals surface area contributed by atoms with Crippen LogP contribution in [0.5, 0.6) is 0 Å². The zero-order valence-corrected chi connectivity index (χ0v) is 15.9. The zero-order valence-electron chi connectivity index (χ0n) is 15.1. The molecule has 1 saturated heterocycles. The quantitative estimate of drug-likeness (QED) is 0.596. The summed E-state index contributed by atoms with van der Waals surface area (Å²) in [6.07, 6.45) is 0.662. The molecule has 0 spiro atoms. The molecule has 1 aliphatic rings. The van der Waals surface area contributed by atoms with Crippen molar-refractivity contribution in [2.45, 2.75) is 25.3 Å². The molecule has 0 bridgehead atoms. The Balaban J connectivity index is 0.00000280. The summed E-state index contributed by atoms with van der Waals surface area (Å²) in [5.74, 6) is -2.34. The Kier molecular flexibility index (Phi) is 7.04. The van der Waals surface area contributed by atoms with E-state index in [0.29, 0.717) is 36.2 Å². The van der Waals surface area contributed by atoms with E-state index in [1.165, 1.54) is 30.3 Å². The minimum atomic E-state index is -0.915. The number of hydrogen-bond acceptors (Lipinski definition) is 4. The van der Waals surface area contributed by atoms with Crippen LogP contribution in [-0.4, -0.2) is 30.0 Å². The van der Waals surface area contributed by atoms with E-state index in [0.717, 1.165) is 6.07 Å². The van der Waals surface area contributed by atoms with Gasteiger partial charge in [-0.05, 0) is 49.2 Å². The molecule has 2 unspecified atom stereocenters. The van der Waals surface area contributed by atoms with Crippen molar-refractivity contribution >= 4 is 24.0 Å². The minimum Gasteiger partial charge on any atom is -0.347 e. The number of benzene rings is 2. The Morgan fingerprint density at radius 2 is 1.96 bits per heavy atom. The average Bonchev–Trinajstić information content (AvgIpc) is 2.64. The zero-order chi connectivity index (χ0) is 19.6. The van der Waals surface area contributed by atoms with Crippen LogP contribution in [0, 0.1) is 28.7 Å². The van der Waals surface area contributed by atoms with Gasteiger partial charge in [0.05, 0.1) is 4.92 Å². The van der Waals surface area contributed by atoms with Crippen molar-refractivity contribution in [3.8, 4) is 0 Å². The van der Waals surface area contributed by atoms with Crippen molar-refractivity contribution in [3.63, 3.8) is 0 Å². The van der Waals surface area contributed by atoms with Crippen molar-refractivity contribution in [2.75, 3.05) is 13.1 Å². The average molecular weight is 412 g/mol. The maximum absolute atomic E-state index is 13.6. The molecule has 0 aromatic heterocycles. The lowest BCUT2D eigenvalue weighted by Crippen LogP contribution is -2.50. The second kappa shape index (κ2) is 9.07. The molecule has 1 fully saturated rings. The first-order valence-corrected chi connectivity index (χ1v) is 8.58. The van der Waals surface area contributed by atoms with Crippen LogP contribution in [0.25, 0.3) is 0 Å². The van der Waals surface area contributed by atoms with Crippen LogP contribution in [0.15, 0.2) is 36.4 Å². The van der Waals surface area contributed by atoms with Gasteiger partial charge in [0, 0.05) is 36.2 Å². The first-order valence-electron chi connectivity index (χ1n) is 8.58. The van der Waals surface area contributed by atoms with Gasteiger partial charge in [-0.3, -0.25) is 14.9 Å². The smallest absolute Gasteiger partial charge is 0.269 e. The van der Waals surface area contributed by atoms with Gasteiger partial charge in [-0.25, -0.2) is 8.78 Å². The first-order chi connectivity index (χ1) is 12.9. The predicted molar refractivity (Wildman–Crippen MR) is 103 cm³/mol. The molecule has 1 heterocycles. The second-order valence-electron chi connectivity index (χ2n) is 6.61. The number of halogens is 3. The molecular formula is C19H20ClF2N3O3.